The molecule has 194 valence electrons. The number of nitrogens with zero attached hydrogens (tertiary/aromatic N) is 4. The number of carbonyl (C=O) groups excluding carboxylic acids is 1. The second-order valence-electron chi connectivity index (χ2n) is 9.27. The van der Waals surface area contributed by atoms with Crippen molar-refractivity contribution in [3.05, 3.63) is 83.1 Å². The van der Waals surface area contributed by atoms with Gasteiger partial charge in [0.2, 0.25) is 11.9 Å². The van der Waals surface area contributed by atoms with E-state index < -0.39 is 0 Å². The van der Waals surface area contributed by atoms with Crippen LogP contribution in [0.3, 0.4) is 0 Å². The molecule has 1 saturated heterocycles. The molecule has 0 aliphatic carbocycles. The first-order chi connectivity index (χ1) is 18.3. The first kappa shape index (κ1) is 25.1. The molecule has 5 rings (SSSR count). The van der Waals surface area contributed by atoms with Gasteiger partial charge in [0.1, 0.15) is 11.3 Å². The number of hydrogen-bond donors (Lipinski definition) is 3. The van der Waals surface area contributed by atoms with Gasteiger partial charge in [-0.1, -0.05) is 18.7 Å². The minimum Gasteiger partial charge on any atom is -0.367 e. The Hall–Kier alpha value is -4.57. The van der Waals surface area contributed by atoms with Crippen molar-refractivity contribution < 1.29 is 9.18 Å². The molecule has 4 aromatic rings. The lowest BCUT2D eigenvalue weighted by molar-refractivity contribution is -0.111. The summed E-state index contributed by atoms with van der Waals surface area (Å²) in [5, 5.41) is 5.82. The fourth-order valence-corrected chi connectivity index (χ4v) is 4.55. The molecule has 0 bridgehead atoms. The fraction of sp³-hybridized carbons (Fsp3) is 0.214. The number of fused-ring (bicyclic) bond motifs is 1. The molecule has 3 heterocycles. The quantitative estimate of drug-likeness (QED) is 0.334. The van der Waals surface area contributed by atoms with E-state index >= 15 is 4.39 Å². The summed E-state index contributed by atoms with van der Waals surface area (Å²) in [6.45, 7) is 8.50. The zero-order valence-electron chi connectivity index (χ0n) is 21.2. The first-order valence-corrected chi connectivity index (χ1v) is 12.3. The molecule has 0 spiro atoms. The standard InChI is InChI=1S/C28H28FN7O2/c1-4-24(37)31-19-7-5-6-18(14-19)25-17(2)27(38)33-22-16-30-28(34-26(22)25)32-20-8-9-23(21(29)15-20)36-12-10-35(3)11-13-36/h4-9,14-16H,1,10-13H2,2-3H3,(H,31,37)(H,33,38)(H,30,32,34). The van der Waals surface area contributed by atoms with Gasteiger partial charge >= 0.3 is 0 Å². The molecule has 1 fully saturated rings. The Balaban J connectivity index is 1.49. The smallest absolute Gasteiger partial charge is 0.252 e. The maximum atomic E-state index is 15.0. The van der Waals surface area contributed by atoms with Gasteiger partial charge in [-0.3, -0.25) is 9.59 Å². The molecule has 1 amide bonds. The van der Waals surface area contributed by atoms with Crippen LogP contribution in [0.1, 0.15) is 5.56 Å². The Labute approximate surface area is 219 Å². The summed E-state index contributed by atoms with van der Waals surface area (Å²) in [7, 11) is 2.06. The van der Waals surface area contributed by atoms with Crippen molar-refractivity contribution in [2.45, 2.75) is 6.92 Å². The van der Waals surface area contributed by atoms with Crippen molar-refractivity contribution >= 4 is 40.0 Å². The lowest BCUT2D eigenvalue weighted by Crippen LogP contribution is -2.44. The molecule has 1 aliphatic rings. The number of benzene rings is 2. The topological polar surface area (TPSA) is 106 Å². The van der Waals surface area contributed by atoms with Gasteiger partial charge < -0.3 is 25.4 Å². The van der Waals surface area contributed by atoms with Crippen LogP contribution >= 0.6 is 0 Å². The van der Waals surface area contributed by atoms with E-state index in [1.54, 1.807) is 37.3 Å². The Morgan fingerprint density at radius 3 is 2.66 bits per heavy atom. The monoisotopic (exact) mass is 513 g/mol. The van der Waals surface area contributed by atoms with E-state index in [0.717, 1.165) is 26.2 Å². The molecular formula is C28H28FN7O2. The fourth-order valence-electron chi connectivity index (χ4n) is 4.55. The Morgan fingerprint density at radius 2 is 1.92 bits per heavy atom. The second-order valence-corrected chi connectivity index (χ2v) is 9.27. The van der Waals surface area contributed by atoms with Crippen LogP contribution in [-0.2, 0) is 4.79 Å². The Morgan fingerprint density at radius 1 is 1.13 bits per heavy atom. The lowest BCUT2D eigenvalue weighted by atomic mass is 10.00. The lowest BCUT2D eigenvalue weighted by Gasteiger charge is -2.34. The van der Waals surface area contributed by atoms with Crippen LogP contribution in [0.4, 0.5) is 27.4 Å². The minimum absolute atomic E-state index is 0.257. The summed E-state index contributed by atoms with van der Waals surface area (Å²) in [6, 6.07) is 12.1. The van der Waals surface area contributed by atoms with Crippen LogP contribution in [0, 0.1) is 12.7 Å². The molecular weight excluding hydrogens is 485 g/mol. The summed E-state index contributed by atoms with van der Waals surface area (Å²) in [5.74, 6) is -0.401. The third kappa shape index (κ3) is 5.12. The molecule has 0 saturated carbocycles. The van der Waals surface area contributed by atoms with E-state index in [2.05, 4.69) is 44.1 Å². The average Bonchev–Trinajstić information content (AvgIpc) is 2.90. The molecule has 0 atom stereocenters. The number of rotatable bonds is 6. The van der Waals surface area contributed by atoms with Crippen LogP contribution in [0.5, 0.6) is 0 Å². The number of aromatic amines is 1. The third-order valence-corrected chi connectivity index (χ3v) is 6.64. The molecule has 1 aliphatic heterocycles. The molecule has 3 N–H and O–H groups in total. The van der Waals surface area contributed by atoms with Crippen LogP contribution in [-0.4, -0.2) is 59.0 Å². The van der Waals surface area contributed by atoms with Gasteiger partial charge in [-0.25, -0.2) is 14.4 Å². The van der Waals surface area contributed by atoms with Crippen molar-refractivity contribution in [1.29, 1.82) is 0 Å². The maximum Gasteiger partial charge on any atom is 0.252 e. The van der Waals surface area contributed by atoms with Crippen molar-refractivity contribution in [3.8, 4) is 11.1 Å². The van der Waals surface area contributed by atoms with Gasteiger partial charge in [0, 0.05) is 48.7 Å². The zero-order valence-corrected chi connectivity index (χ0v) is 21.2. The average molecular weight is 514 g/mol. The number of aromatic nitrogens is 3. The van der Waals surface area contributed by atoms with E-state index in [1.807, 2.05) is 11.0 Å². The highest BCUT2D eigenvalue weighted by Crippen LogP contribution is 2.31. The number of nitrogens with one attached hydrogen (secondary N) is 3. The molecule has 0 radical (unpaired) electrons. The number of carbonyl (C=O) groups is 1. The first-order valence-electron chi connectivity index (χ1n) is 12.3. The van der Waals surface area contributed by atoms with Crippen molar-refractivity contribution in [2.24, 2.45) is 0 Å². The summed E-state index contributed by atoms with van der Waals surface area (Å²) < 4.78 is 15.0. The molecule has 0 unspecified atom stereocenters. The second kappa shape index (κ2) is 10.4. The summed E-state index contributed by atoms with van der Waals surface area (Å²) >= 11 is 0. The Bertz CT molecular complexity index is 1590. The normalized spacial score (nSPS) is 13.9. The van der Waals surface area contributed by atoms with Crippen LogP contribution < -0.4 is 21.1 Å². The summed E-state index contributed by atoms with van der Waals surface area (Å²) in [6.07, 6.45) is 2.71. The number of hydrogen-bond acceptors (Lipinski definition) is 7. The third-order valence-electron chi connectivity index (χ3n) is 6.64. The van der Waals surface area contributed by atoms with Gasteiger partial charge in [-0.15, -0.1) is 0 Å². The molecule has 10 heteroatoms. The van der Waals surface area contributed by atoms with Gasteiger partial charge in [-0.05, 0) is 55.9 Å². The largest absolute Gasteiger partial charge is 0.367 e. The Kier molecular flexibility index (Phi) is 6.89. The number of halogens is 1. The van der Waals surface area contributed by atoms with Crippen molar-refractivity contribution in [2.75, 3.05) is 48.8 Å². The number of piperazine rings is 1. The minimum atomic E-state index is -0.339. The molecule has 2 aromatic carbocycles. The van der Waals surface area contributed by atoms with Gasteiger partial charge in [0.15, 0.2) is 0 Å². The zero-order chi connectivity index (χ0) is 26.8. The van der Waals surface area contributed by atoms with Crippen molar-refractivity contribution in [1.82, 2.24) is 19.9 Å². The predicted molar refractivity (Wildman–Crippen MR) is 149 cm³/mol. The van der Waals surface area contributed by atoms with Crippen LogP contribution in [0.25, 0.3) is 22.2 Å². The van der Waals surface area contributed by atoms with Crippen molar-refractivity contribution in [3.63, 3.8) is 0 Å². The van der Waals surface area contributed by atoms with Crippen LogP contribution in [0.2, 0.25) is 0 Å². The highest BCUT2D eigenvalue weighted by atomic mass is 19.1. The van der Waals surface area contributed by atoms with E-state index in [9.17, 15) is 9.59 Å². The summed E-state index contributed by atoms with van der Waals surface area (Å²) in [4.78, 5) is 40.5. The molecule has 2 aromatic heterocycles. The molecule has 38 heavy (non-hydrogen) atoms. The summed E-state index contributed by atoms with van der Waals surface area (Å²) in [5.41, 5.74) is 4.13. The maximum absolute atomic E-state index is 15.0. The van der Waals surface area contributed by atoms with Gasteiger partial charge in [0.25, 0.3) is 5.56 Å². The van der Waals surface area contributed by atoms with E-state index in [1.165, 1.54) is 18.3 Å². The highest BCUT2D eigenvalue weighted by molar-refractivity contribution is 6.00. The van der Waals surface area contributed by atoms with Crippen LogP contribution in [0.15, 0.2) is 66.1 Å². The SMILES string of the molecule is C=CC(=O)Nc1cccc(-c2c(C)c(=O)[nH]c3cnc(Nc4ccc(N5CCN(C)CC5)c(F)c4)nc23)c1. The van der Waals surface area contributed by atoms with E-state index in [0.29, 0.717) is 44.8 Å². The molecule has 9 nitrogen and oxygen atoms in total. The number of likely N-dealkylation sites (N-methyl/N-ethyl adjacent to an activating group) is 1. The number of H-pyrrole nitrogens is 1. The van der Waals surface area contributed by atoms with Gasteiger partial charge in [-0.2, -0.15) is 0 Å². The van der Waals surface area contributed by atoms with Gasteiger partial charge in [0.05, 0.1) is 17.4 Å². The number of pyridine rings is 1. The van der Waals surface area contributed by atoms with E-state index in [-0.39, 0.29) is 23.2 Å². The van der Waals surface area contributed by atoms with E-state index in [4.69, 9.17) is 0 Å². The highest BCUT2D eigenvalue weighted by Gasteiger charge is 2.18. The number of amides is 1. The predicted octanol–water partition coefficient (Wildman–Crippen LogP) is 4.05. The number of anilines is 4.